The lowest BCUT2D eigenvalue weighted by molar-refractivity contribution is 0.356. The van der Waals surface area contributed by atoms with Gasteiger partial charge in [-0.15, -0.1) is 15.3 Å². The summed E-state index contributed by atoms with van der Waals surface area (Å²) in [4.78, 5) is 0. The highest BCUT2D eigenvalue weighted by atomic mass is 79.9. The van der Waals surface area contributed by atoms with Crippen LogP contribution in [-0.4, -0.2) is 34.0 Å². The van der Waals surface area contributed by atoms with E-state index in [9.17, 15) is 0 Å². The zero-order valence-electron chi connectivity index (χ0n) is 16.0. The zero-order chi connectivity index (χ0) is 19.8. The number of hydrogen-bond donors (Lipinski definition) is 1. The molecule has 0 bridgehead atoms. The van der Waals surface area contributed by atoms with E-state index in [1.54, 1.807) is 18.7 Å². The van der Waals surface area contributed by atoms with Gasteiger partial charge >= 0.3 is 0 Å². The molecular weight excluding hydrogens is 422 g/mol. The Balaban J connectivity index is 1.91. The zero-order valence-corrected chi connectivity index (χ0v) is 17.6. The number of rotatable bonds is 5. The van der Waals surface area contributed by atoms with Gasteiger partial charge in [-0.3, -0.25) is 0 Å². The molecule has 0 spiro atoms. The SMILES string of the molecule is COc1cc2c(NC(C)c3cccc(Br)c3)nn3c(C)nnc3c2cc1OC. The topological polar surface area (TPSA) is 73.6 Å². The van der Waals surface area contributed by atoms with E-state index in [0.717, 1.165) is 26.6 Å². The first kappa shape index (κ1) is 18.5. The average molecular weight is 442 g/mol. The number of aromatic nitrogens is 4. The van der Waals surface area contributed by atoms with Gasteiger partial charge in [-0.1, -0.05) is 28.1 Å². The summed E-state index contributed by atoms with van der Waals surface area (Å²) in [5.41, 5.74) is 1.82. The van der Waals surface area contributed by atoms with Gasteiger partial charge in [0.15, 0.2) is 28.8 Å². The second-order valence-electron chi connectivity index (χ2n) is 6.51. The van der Waals surface area contributed by atoms with Crippen molar-refractivity contribution in [3.8, 4) is 11.5 Å². The molecule has 0 amide bonds. The van der Waals surface area contributed by atoms with Gasteiger partial charge in [0.25, 0.3) is 0 Å². The molecule has 1 N–H and O–H groups in total. The fraction of sp³-hybridized carbons (Fsp3) is 0.250. The monoisotopic (exact) mass is 441 g/mol. The van der Waals surface area contributed by atoms with E-state index >= 15 is 0 Å². The summed E-state index contributed by atoms with van der Waals surface area (Å²) >= 11 is 3.53. The van der Waals surface area contributed by atoms with Crippen molar-refractivity contribution in [3.63, 3.8) is 0 Å². The molecule has 8 heteroatoms. The molecule has 4 rings (SSSR count). The number of fused-ring (bicyclic) bond motifs is 3. The maximum absolute atomic E-state index is 5.49. The van der Waals surface area contributed by atoms with Gasteiger partial charge in [-0.25, -0.2) is 0 Å². The Kier molecular flexibility index (Phi) is 4.80. The van der Waals surface area contributed by atoms with Crippen molar-refractivity contribution in [1.29, 1.82) is 0 Å². The Hall–Kier alpha value is -2.87. The molecule has 1 atom stereocenters. The van der Waals surface area contributed by atoms with Gasteiger partial charge in [-0.05, 0) is 43.7 Å². The van der Waals surface area contributed by atoms with Gasteiger partial charge in [0.2, 0.25) is 0 Å². The number of benzene rings is 2. The van der Waals surface area contributed by atoms with Gasteiger partial charge in [0, 0.05) is 15.2 Å². The van der Waals surface area contributed by atoms with Crippen LogP contribution >= 0.6 is 15.9 Å². The van der Waals surface area contributed by atoms with Crippen LogP contribution in [0, 0.1) is 6.92 Å². The van der Waals surface area contributed by atoms with Gasteiger partial charge in [0.05, 0.1) is 20.3 Å². The molecule has 1 unspecified atom stereocenters. The molecule has 2 heterocycles. The molecule has 2 aromatic heterocycles. The summed E-state index contributed by atoms with van der Waals surface area (Å²) in [6.07, 6.45) is 0. The average Bonchev–Trinajstić information content (AvgIpc) is 3.07. The fourth-order valence-corrected chi connectivity index (χ4v) is 3.65. The van der Waals surface area contributed by atoms with Crippen molar-refractivity contribution < 1.29 is 9.47 Å². The smallest absolute Gasteiger partial charge is 0.185 e. The predicted octanol–water partition coefficient (Wildman–Crippen LogP) is 4.54. The fourth-order valence-electron chi connectivity index (χ4n) is 3.23. The van der Waals surface area contributed by atoms with E-state index in [4.69, 9.17) is 14.6 Å². The Morgan fingerprint density at radius 2 is 1.75 bits per heavy atom. The summed E-state index contributed by atoms with van der Waals surface area (Å²) in [7, 11) is 3.24. The second-order valence-corrected chi connectivity index (χ2v) is 7.42. The first-order valence-electron chi connectivity index (χ1n) is 8.81. The van der Waals surface area contributed by atoms with Crippen molar-refractivity contribution in [2.75, 3.05) is 19.5 Å². The Labute approximate surface area is 170 Å². The third-order valence-corrected chi connectivity index (χ3v) is 5.21. The molecule has 4 aromatic rings. The van der Waals surface area contributed by atoms with E-state index in [0.29, 0.717) is 23.0 Å². The van der Waals surface area contributed by atoms with Gasteiger partial charge < -0.3 is 14.8 Å². The quantitative estimate of drug-likeness (QED) is 0.489. The summed E-state index contributed by atoms with van der Waals surface area (Å²) in [6, 6.07) is 12.1. The minimum atomic E-state index is 0.0375. The van der Waals surface area contributed by atoms with Crippen LogP contribution in [0.4, 0.5) is 5.82 Å². The lowest BCUT2D eigenvalue weighted by atomic mass is 10.1. The molecule has 0 aliphatic rings. The van der Waals surface area contributed by atoms with E-state index in [-0.39, 0.29) is 6.04 Å². The van der Waals surface area contributed by atoms with Crippen LogP contribution in [0.25, 0.3) is 16.4 Å². The van der Waals surface area contributed by atoms with Crippen LogP contribution in [0.3, 0.4) is 0 Å². The van der Waals surface area contributed by atoms with Crippen LogP contribution in [0.15, 0.2) is 40.9 Å². The van der Waals surface area contributed by atoms with E-state index in [1.807, 2.05) is 31.2 Å². The largest absolute Gasteiger partial charge is 0.493 e. The highest BCUT2D eigenvalue weighted by Gasteiger charge is 2.18. The van der Waals surface area contributed by atoms with E-state index in [2.05, 4.69) is 50.5 Å². The molecule has 2 aromatic carbocycles. The predicted molar refractivity (Wildman–Crippen MR) is 112 cm³/mol. The number of methoxy groups -OCH3 is 2. The highest BCUT2D eigenvalue weighted by molar-refractivity contribution is 9.10. The molecule has 0 radical (unpaired) electrons. The van der Waals surface area contributed by atoms with Crippen molar-refractivity contribution in [3.05, 3.63) is 52.3 Å². The number of aryl methyl sites for hydroxylation is 1. The van der Waals surface area contributed by atoms with Crippen molar-refractivity contribution >= 4 is 38.2 Å². The first-order valence-corrected chi connectivity index (χ1v) is 9.61. The highest BCUT2D eigenvalue weighted by Crippen LogP contribution is 2.37. The first-order chi connectivity index (χ1) is 13.5. The molecule has 7 nitrogen and oxygen atoms in total. The molecule has 0 aliphatic heterocycles. The van der Waals surface area contributed by atoms with Gasteiger partial charge in [0.1, 0.15) is 0 Å². The number of hydrogen-bond acceptors (Lipinski definition) is 6. The van der Waals surface area contributed by atoms with Crippen LogP contribution in [-0.2, 0) is 0 Å². The number of halogens is 1. The number of nitrogens with one attached hydrogen (secondary N) is 1. The molecule has 0 saturated heterocycles. The molecular formula is C20H20BrN5O2. The van der Waals surface area contributed by atoms with E-state index < -0.39 is 0 Å². The van der Waals surface area contributed by atoms with Crippen molar-refractivity contribution in [2.24, 2.45) is 0 Å². The maximum Gasteiger partial charge on any atom is 0.185 e. The summed E-state index contributed by atoms with van der Waals surface area (Å²) in [5.74, 6) is 2.70. The third-order valence-electron chi connectivity index (χ3n) is 4.72. The minimum absolute atomic E-state index is 0.0375. The molecule has 0 fully saturated rings. The second kappa shape index (κ2) is 7.27. The Bertz CT molecular complexity index is 1170. The molecule has 144 valence electrons. The van der Waals surface area contributed by atoms with Crippen molar-refractivity contribution in [2.45, 2.75) is 19.9 Å². The Morgan fingerprint density at radius 3 is 2.43 bits per heavy atom. The number of nitrogens with zero attached hydrogens (tertiary/aromatic N) is 4. The van der Waals surface area contributed by atoms with E-state index in [1.165, 1.54) is 0 Å². The Morgan fingerprint density at radius 1 is 1.04 bits per heavy atom. The molecule has 0 saturated carbocycles. The maximum atomic E-state index is 5.49. The van der Waals surface area contributed by atoms with Crippen molar-refractivity contribution in [1.82, 2.24) is 19.8 Å². The van der Waals surface area contributed by atoms with Crippen LogP contribution in [0.1, 0.15) is 24.4 Å². The standard InChI is InChI=1S/C20H20BrN5O2/c1-11(13-6-5-7-14(21)8-13)22-19-15-9-17(27-3)18(28-4)10-16(15)20-24-23-12(2)26(20)25-19/h5-11H,1-4H3,(H,22,25). The number of anilines is 1. The summed E-state index contributed by atoms with van der Waals surface area (Å²) in [6.45, 7) is 3.97. The lowest BCUT2D eigenvalue weighted by Gasteiger charge is -2.18. The normalized spacial score (nSPS) is 12.3. The third kappa shape index (κ3) is 3.13. The van der Waals surface area contributed by atoms with Gasteiger partial charge in [-0.2, -0.15) is 4.52 Å². The van der Waals surface area contributed by atoms with Crippen LogP contribution < -0.4 is 14.8 Å². The summed E-state index contributed by atoms with van der Waals surface area (Å²) < 4.78 is 13.7. The lowest BCUT2D eigenvalue weighted by Crippen LogP contribution is -2.11. The van der Waals surface area contributed by atoms with Crippen LogP contribution in [0.5, 0.6) is 11.5 Å². The minimum Gasteiger partial charge on any atom is -0.493 e. The summed E-state index contributed by atoms with van der Waals surface area (Å²) in [5, 5.41) is 18.5. The molecule has 0 aliphatic carbocycles. The van der Waals surface area contributed by atoms with Crippen LogP contribution in [0.2, 0.25) is 0 Å². The molecule has 28 heavy (non-hydrogen) atoms. The number of ether oxygens (including phenoxy) is 2.